The van der Waals surface area contributed by atoms with Crippen LogP contribution in [0.3, 0.4) is 0 Å². The summed E-state index contributed by atoms with van der Waals surface area (Å²) in [5.41, 5.74) is 1.78. The summed E-state index contributed by atoms with van der Waals surface area (Å²) in [5.74, 6) is 0. The van der Waals surface area contributed by atoms with Gasteiger partial charge in [-0.1, -0.05) is 6.07 Å². The fourth-order valence-corrected chi connectivity index (χ4v) is 2.01. The highest BCUT2D eigenvalue weighted by molar-refractivity contribution is 7.89. The Morgan fingerprint density at radius 2 is 2.07 bits per heavy atom. The van der Waals surface area contributed by atoms with Crippen molar-refractivity contribution in [2.24, 2.45) is 0 Å². The van der Waals surface area contributed by atoms with Crippen molar-refractivity contribution in [3.63, 3.8) is 0 Å². The Morgan fingerprint density at radius 1 is 1.40 bits per heavy atom. The van der Waals surface area contributed by atoms with Gasteiger partial charge in [-0.15, -0.1) is 0 Å². The molecule has 0 radical (unpaired) electrons. The first-order chi connectivity index (χ1) is 10.5. The van der Waals surface area contributed by atoms with Crippen LogP contribution in [0.5, 0.6) is 0 Å². The van der Waals surface area contributed by atoms with Gasteiger partial charge < -0.3 is 5.73 Å². The minimum absolute atomic E-state index is 0.0140. The van der Waals surface area contributed by atoms with Crippen LogP contribution in [-0.4, -0.2) is 14.0 Å². The SMILES string of the molecule is [2H]C([2H])([2H])C(NS(=O)(=O)c1cccc(N)c1)(C([2H])([2H])[2H])C([2H])([2H])[2H]. The quantitative estimate of drug-likeness (QED) is 0.763. The number of nitrogens with one attached hydrogen (secondary N) is 1. The van der Waals surface area contributed by atoms with E-state index in [4.69, 9.17) is 18.1 Å². The number of hydrogen-bond donors (Lipinski definition) is 2. The minimum Gasteiger partial charge on any atom is -0.399 e. The van der Waals surface area contributed by atoms with Crippen LogP contribution >= 0.6 is 0 Å². The number of nitrogens with two attached hydrogens (primary N) is 1. The summed E-state index contributed by atoms with van der Waals surface area (Å²) in [4.78, 5) is -0.551. The van der Waals surface area contributed by atoms with E-state index in [-0.39, 0.29) is 5.69 Å². The third kappa shape index (κ3) is 3.53. The predicted molar refractivity (Wildman–Crippen MR) is 60.9 cm³/mol. The fourth-order valence-electron chi connectivity index (χ4n) is 0.942. The van der Waals surface area contributed by atoms with E-state index in [0.29, 0.717) is 0 Å². The third-order valence-corrected chi connectivity index (χ3v) is 2.91. The average molecular weight is 237 g/mol. The maximum atomic E-state index is 12.4. The molecule has 0 amide bonds. The number of rotatable bonds is 2. The molecule has 1 rings (SSSR count). The highest BCUT2D eigenvalue weighted by Crippen LogP contribution is 2.15. The van der Waals surface area contributed by atoms with Crippen LogP contribution in [0.2, 0.25) is 0 Å². The van der Waals surface area contributed by atoms with Crippen LogP contribution in [0.1, 0.15) is 32.9 Å². The zero-order valence-electron chi connectivity index (χ0n) is 16.6. The first kappa shape index (κ1) is 4.43. The molecule has 0 aliphatic carbocycles. The average Bonchev–Trinajstić information content (AvgIpc) is 2.31. The number of nitrogen functional groups attached to an aromatic ring is 1. The van der Waals surface area contributed by atoms with Crippen molar-refractivity contribution in [3.05, 3.63) is 24.3 Å². The molecule has 1 aromatic carbocycles. The van der Waals surface area contributed by atoms with Crippen LogP contribution in [0.4, 0.5) is 5.69 Å². The molecule has 0 atom stereocenters. The van der Waals surface area contributed by atoms with Crippen LogP contribution in [0.25, 0.3) is 0 Å². The first-order valence-corrected chi connectivity index (χ1v) is 5.33. The Labute approximate surface area is 103 Å². The minimum atomic E-state index is -4.80. The van der Waals surface area contributed by atoms with Crippen molar-refractivity contribution in [1.29, 1.82) is 0 Å². The van der Waals surface area contributed by atoms with Crippen molar-refractivity contribution in [2.45, 2.75) is 31.0 Å². The monoisotopic (exact) mass is 237 g/mol. The molecule has 0 fully saturated rings. The molecule has 0 unspecified atom stereocenters. The first-order valence-electron chi connectivity index (χ1n) is 8.35. The molecule has 0 aromatic heterocycles. The van der Waals surface area contributed by atoms with Gasteiger partial charge in [-0.2, -0.15) is 0 Å². The van der Waals surface area contributed by atoms with E-state index in [0.717, 1.165) is 12.1 Å². The van der Waals surface area contributed by atoms with Crippen LogP contribution in [-0.2, 0) is 10.0 Å². The van der Waals surface area contributed by atoms with E-state index in [1.54, 1.807) is 0 Å². The Hall–Kier alpha value is -1.07. The summed E-state index contributed by atoms with van der Waals surface area (Å²) in [6, 6.07) is 4.57. The fraction of sp³-hybridized carbons (Fsp3) is 0.400. The van der Waals surface area contributed by atoms with Gasteiger partial charge in [0, 0.05) is 23.6 Å². The molecule has 84 valence electrons. The molecule has 15 heavy (non-hydrogen) atoms. The summed E-state index contributed by atoms with van der Waals surface area (Å²) >= 11 is 0. The van der Waals surface area contributed by atoms with Crippen molar-refractivity contribution >= 4 is 15.7 Å². The number of hydrogen-bond acceptors (Lipinski definition) is 3. The van der Waals surface area contributed by atoms with Crippen molar-refractivity contribution in [3.8, 4) is 0 Å². The number of sulfonamides is 1. The van der Waals surface area contributed by atoms with Crippen LogP contribution in [0, 0.1) is 0 Å². The molecule has 0 saturated heterocycles. The van der Waals surface area contributed by atoms with Gasteiger partial charge in [0.1, 0.15) is 0 Å². The summed E-state index contributed by atoms with van der Waals surface area (Å²) in [5, 5.41) is 0. The second-order valence-electron chi connectivity index (χ2n) is 2.93. The molecule has 0 heterocycles. The smallest absolute Gasteiger partial charge is 0.241 e. The topological polar surface area (TPSA) is 72.2 Å². The van der Waals surface area contributed by atoms with Crippen LogP contribution < -0.4 is 10.5 Å². The zero-order chi connectivity index (χ0) is 19.2. The van der Waals surface area contributed by atoms with Gasteiger partial charge in [-0.3, -0.25) is 0 Å². The molecule has 0 spiro atoms. The zero-order valence-corrected chi connectivity index (χ0v) is 8.43. The summed E-state index contributed by atoms with van der Waals surface area (Å²) in [6.07, 6.45) is 0. The Bertz CT molecular complexity index is 670. The Kier molecular flexibility index (Phi) is 1.13. The lowest BCUT2D eigenvalue weighted by molar-refractivity contribution is 0.491. The molecule has 1 aromatic rings. The third-order valence-electron chi connectivity index (χ3n) is 1.46. The van der Waals surface area contributed by atoms with E-state index >= 15 is 0 Å². The lowest BCUT2D eigenvalue weighted by Crippen LogP contribution is -2.40. The molecule has 3 N–H and O–H groups in total. The molecule has 5 heteroatoms. The lowest BCUT2D eigenvalue weighted by Gasteiger charge is -2.20. The van der Waals surface area contributed by atoms with E-state index < -0.39 is 41.0 Å². The second kappa shape index (κ2) is 3.83. The van der Waals surface area contributed by atoms with Gasteiger partial charge >= 0.3 is 0 Å². The van der Waals surface area contributed by atoms with E-state index in [1.807, 2.05) is 0 Å². The Morgan fingerprint density at radius 3 is 2.60 bits per heavy atom. The van der Waals surface area contributed by atoms with E-state index in [1.165, 1.54) is 16.9 Å². The van der Waals surface area contributed by atoms with Gasteiger partial charge in [0.05, 0.1) is 4.90 Å². The number of benzene rings is 1. The van der Waals surface area contributed by atoms with Gasteiger partial charge in [0.25, 0.3) is 0 Å². The second-order valence-corrected chi connectivity index (χ2v) is 4.61. The van der Waals surface area contributed by atoms with Crippen molar-refractivity contribution in [2.75, 3.05) is 5.73 Å². The maximum absolute atomic E-state index is 12.4. The maximum Gasteiger partial charge on any atom is 0.241 e. The molecule has 0 aliphatic rings. The predicted octanol–water partition coefficient (Wildman–Crippen LogP) is 1.35. The molecular formula is C10H16N2O2S. The molecule has 0 saturated carbocycles. The van der Waals surface area contributed by atoms with Gasteiger partial charge in [-0.05, 0) is 38.8 Å². The van der Waals surface area contributed by atoms with Crippen molar-refractivity contribution in [1.82, 2.24) is 4.72 Å². The van der Waals surface area contributed by atoms with Gasteiger partial charge in [-0.25, -0.2) is 13.1 Å². The molecule has 0 bridgehead atoms. The highest BCUT2D eigenvalue weighted by atomic mass is 32.2. The molecule has 4 nitrogen and oxygen atoms in total. The van der Waals surface area contributed by atoms with Gasteiger partial charge in [0.2, 0.25) is 10.0 Å². The van der Waals surface area contributed by atoms with Crippen LogP contribution in [0.15, 0.2) is 29.2 Å². The van der Waals surface area contributed by atoms with Crippen molar-refractivity contribution < 1.29 is 20.8 Å². The number of anilines is 1. The lowest BCUT2D eigenvalue weighted by atomic mass is 10.1. The van der Waals surface area contributed by atoms with E-state index in [9.17, 15) is 8.42 Å². The summed E-state index contributed by atoms with van der Waals surface area (Å²) < 4.78 is 92.8. The Balaban J connectivity index is 3.65. The van der Waals surface area contributed by atoms with E-state index in [2.05, 4.69) is 0 Å². The largest absolute Gasteiger partial charge is 0.399 e. The molecular weight excluding hydrogens is 212 g/mol. The summed E-state index contributed by atoms with van der Waals surface area (Å²) in [6.45, 7) is -11.1. The molecule has 0 aliphatic heterocycles. The normalized spacial score (nSPS) is 24.1. The highest BCUT2D eigenvalue weighted by Gasteiger charge is 2.21. The summed E-state index contributed by atoms with van der Waals surface area (Å²) in [7, 11) is -4.80. The van der Waals surface area contributed by atoms with Gasteiger partial charge in [0.15, 0.2) is 0 Å². The standard InChI is InChI=1S/C10H16N2O2S/c1-10(2,3)12-15(13,14)9-6-4-5-8(11)7-9/h4-7,12H,11H2,1-3H3/i1D3,2D3,3D3.